The molecular formula is C12H15N3OS. The van der Waals surface area contributed by atoms with Crippen molar-refractivity contribution < 1.29 is 4.74 Å². The van der Waals surface area contributed by atoms with E-state index in [1.807, 2.05) is 25.1 Å². The van der Waals surface area contributed by atoms with Gasteiger partial charge < -0.3 is 4.74 Å². The number of aliphatic imine (C=N–C) groups is 1. The molecule has 0 aliphatic heterocycles. The number of nitriles is 1. The standard InChI is InChI=1S/C12H15N3OS/c1-2-16-12(15-10-13)6-8-17-9-11-5-3-4-7-14-11/h3-5,7H,2,6,8-9H2,1H3. The molecule has 0 fully saturated rings. The SMILES string of the molecule is CCOC(CCSCc1ccccn1)=NC#N. The molecule has 0 N–H and O–H groups in total. The molecule has 90 valence electrons. The molecule has 0 bridgehead atoms. The number of ether oxygens (including phenoxy) is 1. The Hall–Kier alpha value is -1.54. The first-order valence-corrected chi connectivity index (χ1v) is 6.58. The van der Waals surface area contributed by atoms with E-state index in [1.54, 1.807) is 24.2 Å². The molecule has 0 radical (unpaired) electrons. The highest BCUT2D eigenvalue weighted by molar-refractivity contribution is 7.98. The van der Waals surface area contributed by atoms with Crippen molar-refractivity contribution in [2.24, 2.45) is 4.99 Å². The number of pyridine rings is 1. The van der Waals surface area contributed by atoms with E-state index in [0.29, 0.717) is 18.9 Å². The monoisotopic (exact) mass is 249 g/mol. The van der Waals surface area contributed by atoms with Gasteiger partial charge in [0, 0.05) is 24.1 Å². The summed E-state index contributed by atoms with van der Waals surface area (Å²) in [5, 5.41) is 8.46. The van der Waals surface area contributed by atoms with Crippen LogP contribution < -0.4 is 0 Å². The Bertz CT molecular complexity index is 386. The first-order valence-electron chi connectivity index (χ1n) is 5.43. The molecule has 0 saturated heterocycles. The van der Waals surface area contributed by atoms with E-state index in [1.165, 1.54) is 0 Å². The van der Waals surface area contributed by atoms with Crippen LogP contribution in [0.25, 0.3) is 0 Å². The van der Waals surface area contributed by atoms with E-state index in [0.717, 1.165) is 17.2 Å². The summed E-state index contributed by atoms with van der Waals surface area (Å²) < 4.78 is 5.23. The van der Waals surface area contributed by atoms with Crippen molar-refractivity contribution in [2.75, 3.05) is 12.4 Å². The van der Waals surface area contributed by atoms with Gasteiger partial charge in [0.15, 0.2) is 5.90 Å². The molecule has 0 amide bonds. The first-order chi connectivity index (χ1) is 8.36. The summed E-state index contributed by atoms with van der Waals surface area (Å²) in [5.41, 5.74) is 1.06. The molecule has 1 rings (SSSR count). The minimum absolute atomic E-state index is 0.517. The third kappa shape index (κ3) is 5.93. The zero-order valence-electron chi connectivity index (χ0n) is 9.80. The summed E-state index contributed by atoms with van der Waals surface area (Å²) in [7, 11) is 0. The minimum Gasteiger partial charge on any atom is -0.481 e. The van der Waals surface area contributed by atoms with Crippen molar-refractivity contribution in [1.82, 2.24) is 4.98 Å². The van der Waals surface area contributed by atoms with E-state index in [2.05, 4.69) is 9.98 Å². The van der Waals surface area contributed by atoms with Crippen LogP contribution in [0.4, 0.5) is 0 Å². The van der Waals surface area contributed by atoms with Crippen LogP contribution in [0.1, 0.15) is 19.0 Å². The molecule has 4 nitrogen and oxygen atoms in total. The molecule has 0 unspecified atom stereocenters. The number of thioether (sulfide) groups is 1. The maximum absolute atomic E-state index is 8.46. The molecule has 0 saturated carbocycles. The van der Waals surface area contributed by atoms with Crippen LogP contribution in [0.2, 0.25) is 0 Å². The fourth-order valence-corrected chi connectivity index (χ4v) is 2.05. The summed E-state index contributed by atoms with van der Waals surface area (Å²) in [4.78, 5) is 7.86. The summed E-state index contributed by atoms with van der Waals surface area (Å²) >= 11 is 1.75. The molecule has 0 atom stereocenters. The topological polar surface area (TPSA) is 58.3 Å². The molecule has 17 heavy (non-hydrogen) atoms. The van der Waals surface area contributed by atoms with E-state index in [-0.39, 0.29) is 0 Å². The van der Waals surface area contributed by atoms with Gasteiger partial charge in [0.1, 0.15) is 0 Å². The van der Waals surface area contributed by atoms with Gasteiger partial charge >= 0.3 is 0 Å². The Balaban J connectivity index is 2.23. The van der Waals surface area contributed by atoms with Crippen LogP contribution >= 0.6 is 11.8 Å². The molecule has 1 heterocycles. The molecular weight excluding hydrogens is 234 g/mol. The van der Waals surface area contributed by atoms with E-state index in [4.69, 9.17) is 10.00 Å². The normalized spacial score (nSPS) is 10.9. The highest BCUT2D eigenvalue weighted by Gasteiger charge is 2.00. The Morgan fingerprint density at radius 2 is 2.47 bits per heavy atom. The fraction of sp³-hybridized carbons (Fsp3) is 0.417. The van der Waals surface area contributed by atoms with Crippen molar-refractivity contribution in [3.05, 3.63) is 30.1 Å². The second-order valence-electron chi connectivity index (χ2n) is 3.16. The lowest BCUT2D eigenvalue weighted by Crippen LogP contribution is -2.05. The van der Waals surface area contributed by atoms with Gasteiger partial charge in [0.05, 0.1) is 12.3 Å². The van der Waals surface area contributed by atoms with Crippen LogP contribution in [0.5, 0.6) is 0 Å². The van der Waals surface area contributed by atoms with Crippen molar-refractivity contribution in [2.45, 2.75) is 19.1 Å². The fourth-order valence-electron chi connectivity index (χ4n) is 1.20. The Morgan fingerprint density at radius 1 is 1.59 bits per heavy atom. The maximum Gasteiger partial charge on any atom is 0.208 e. The van der Waals surface area contributed by atoms with Crippen LogP contribution in [0, 0.1) is 11.5 Å². The average Bonchev–Trinajstić information content (AvgIpc) is 2.36. The third-order valence-corrected chi connectivity index (χ3v) is 2.91. The van der Waals surface area contributed by atoms with Crippen molar-refractivity contribution in [3.8, 4) is 6.19 Å². The van der Waals surface area contributed by atoms with Gasteiger partial charge in [-0.3, -0.25) is 4.98 Å². The predicted octanol–water partition coefficient (Wildman–Crippen LogP) is 2.62. The van der Waals surface area contributed by atoms with E-state index < -0.39 is 0 Å². The zero-order valence-corrected chi connectivity index (χ0v) is 10.6. The molecule has 0 spiro atoms. The van der Waals surface area contributed by atoms with Gasteiger partial charge in [-0.05, 0) is 19.1 Å². The van der Waals surface area contributed by atoms with Gasteiger partial charge in [-0.15, -0.1) is 4.99 Å². The van der Waals surface area contributed by atoms with E-state index >= 15 is 0 Å². The lowest BCUT2D eigenvalue weighted by molar-refractivity contribution is 0.319. The number of hydrogen-bond acceptors (Lipinski definition) is 5. The second-order valence-corrected chi connectivity index (χ2v) is 4.27. The number of aromatic nitrogens is 1. The molecule has 0 aromatic carbocycles. The molecule has 0 aliphatic rings. The van der Waals surface area contributed by atoms with Gasteiger partial charge in [-0.2, -0.15) is 17.0 Å². The van der Waals surface area contributed by atoms with Crippen molar-refractivity contribution in [3.63, 3.8) is 0 Å². The molecule has 5 heteroatoms. The van der Waals surface area contributed by atoms with Gasteiger partial charge in [0.25, 0.3) is 0 Å². The lowest BCUT2D eigenvalue weighted by Gasteiger charge is -2.05. The maximum atomic E-state index is 8.46. The van der Waals surface area contributed by atoms with Crippen LogP contribution in [-0.2, 0) is 10.5 Å². The summed E-state index contributed by atoms with van der Waals surface area (Å²) in [6.07, 6.45) is 4.22. The van der Waals surface area contributed by atoms with E-state index in [9.17, 15) is 0 Å². The van der Waals surface area contributed by atoms with Gasteiger partial charge in [-0.1, -0.05) is 6.07 Å². The molecule has 1 aromatic heterocycles. The lowest BCUT2D eigenvalue weighted by atomic mass is 10.4. The second kappa shape index (κ2) is 8.59. The number of nitrogens with zero attached hydrogens (tertiary/aromatic N) is 3. The summed E-state index contributed by atoms with van der Waals surface area (Å²) in [5.74, 6) is 2.26. The van der Waals surface area contributed by atoms with Crippen molar-refractivity contribution >= 4 is 17.7 Å². The molecule has 1 aromatic rings. The highest BCUT2D eigenvalue weighted by atomic mass is 32.2. The van der Waals surface area contributed by atoms with Gasteiger partial charge in [-0.25, -0.2) is 0 Å². The number of rotatable bonds is 6. The van der Waals surface area contributed by atoms with Crippen LogP contribution in [-0.4, -0.2) is 23.2 Å². The predicted molar refractivity (Wildman–Crippen MR) is 69.7 cm³/mol. The quantitative estimate of drug-likeness (QED) is 0.336. The van der Waals surface area contributed by atoms with Crippen molar-refractivity contribution in [1.29, 1.82) is 5.26 Å². The average molecular weight is 249 g/mol. The summed E-state index contributed by atoms with van der Waals surface area (Å²) in [6, 6.07) is 5.88. The number of hydrogen-bond donors (Lipinski definition) is 0. The van der Waals surface area contributed by atoms with Crippen LogP contribution in [0.15, 0.2) is 29.4 Å². The minimum atomic E-state index is 0.517. The Labute approximate surface area is 106 Å². The summed E-state index contributed by atoms with van der Waals surface area (Å²) in [6.45, 7) is 2.43. The first kappa shape index (κ1) is 13.5. The Kier molecular flexibility index (Phi) is 6.84. The molecule has 0 aliphatic carbocycles. The van der Waals surface area contributed by atoms with Gasteiger partial charge in [0.2, 0.25) is 6.19 Å². The highest BCUT2D eigenvalue weighted by Crippen LogP contribution is 2.11. The zero-order chi connectivity index (χ0) is 12.3. The third-order valence-electron chi connectivity index (χ3n) is 1.92. The Morgan fingerprint density at radius 3 is 3.12 bits per heavy atom. The largest absolute Gasteiger partial charge is 0.481 e. The smallest absolute Gasteiger partial charge is 0.208 e. The van der Waals surface area contributed by atoms with Crippen LogP contribution in [0.3, 0.4) is 0 Å².